The van der Waals surface area contributed by atoms with Gasteiger partial charge in [-0.3, -0.25) is 14.5 Å². The molecule has 1 atom stereocenters. The molecule has 1 aliphatic heterocycles. The van der Waals surface area contributed by atoms with E-state index in [1.807, 2.05) is 31.2 Å². The average molecular weight is 301 g/mol. The van der Waals surface area contributed by atoms with Crippen molar-refractivity contribution in [3.05, 3.63) is 35.4 Å². The first-order chi connectivity index (χ1) is 10.6. The predicted molar refractivity (Wildman–Crippen MR) is 80.0 cm³/mol. The second kappa shape index (κ2) is 5.44. The van der Waals surface area contributed by atoms with Crippen LogP contribution >= 0.6 is 0 Å². The lowest BCUT2D eigenvalue weighted by Crippen LogP contribution is -2.43. The van der Waals surface area contributed by atoms with Crippen molar-refractivity contribution in [2.75, 3.05) is 13.1 Å². The molecule has 0 bridgehead atoms. The number of amides is 4. The van der Waals surface area contributed by atoms with E-state index in [1.165, 1.54) is 0 Å². The van der Waals surface area contributed by atoms with Gasteiger partial charge in [0.05, 0.1) is 0 Å². The number of nitrogens with one attached hydrogen (secondary N) is 2. The minimum atomic E-state index is -0.987. The summed E-state index contributed by atoms with van der Waals surface area (Å²) in [5, 5.41) is 5.49. The molecule has 1 saturated heterocycles. The normalized spacial score (nSPS) is 22.9. The van der Waals surface area contributed by atoms with Crippen LogP contribution in [-0.4, -0.2) is 35.8 Å². The zero-order valence-corrected chi connectivity index (χ0v) is 12.5. The van der Waals surface area contributed by atoms with E-state index in [0.29, 0.717) is 13.0 Å². The van der Waals surface area contributed by atoms with Crippen LogP contribution in [0, 0.1) is 0 Å². The Bertz CT molecular complexity index is 643. The molecule has 1 aromatic rings. The maximum atomic E-state index is 12.8. The molecule has 1 unspecified atom stereocenters. The summed E-state index contributed by atoms with van der Waals surface area (Å²) in [6.45, 7) is 2.25. The molecule has 0 saturated carbocycles. The Morgan fingerprint density at radius 3 is 2.91 bits per heavy atom. The fraction of sp³-hybridized carbons (Fsp3) is 0.438. The molecule has 6 heteroatoms. The van der Waals surface area contributed by atoms with Gasteiger partial charge in [0.25, 0.3) is 5.91 Å². The predicted octanol–water partition coefficient (Wildman–Crippen LogP) is 0.906. The summed E-state index contributed by atoms with van der Waals surface area (Å²) in [6.07, 6.45) is 2.10. The van der Waals surface area contributed by atoms with Crippen LogP contribution in [0.5, 0.6) is 0 Å². The van der Waals surface area contributed by atoms with Crippen molar-refractivity contribution in [2.24, 2.45) is 0 Å². The second-order valence-corrected chi connectivity index (χ2v) is 5.73. The third kappa shape index (κ3) is 2.15. The van der Waals surface area contributed by atoms with E-state index in [-0.39, 0.29) is 18.4 Å². The van der Waals surface area contributed by atoms with Crippen LogP contribution in [0.3, 0.4) is 0 Å². The molecule has 1 aromatic carbocycles. The number of nitrogens with zero attached hydrogens (tertiary/aromatic N) is 1. The number of rotatable bonds is 4. The topological polar surface area (TPSA) is 78.5 Å². The number of carbonyl (C=O) groups is 3. The molecule has 1 heterocycles. The van der Waals surface area contributed by atoms with Crippen LogP contribution < -0.4 is 10.6 Å². The quantitative estimate of drug-likeness (QED) is 0.811. The lowest BCUT2D eigenvalue weighted by atomic mass is 9.92. The van der Waals surface area contributed by atoms with Gasteiger partial charge in [0.1, 0.15) is 12.1 Å². The van der Waals surface area contributed by atoms with Crippen LogP contribution in [0.1, 0.15) is 30.9 Å². The van der Waals surface area contributed by atoms with Crippen molar-refractivity contribution >= 4 is 17.8 Å². The average Bonchev–Trinajstić information content (AvgIpc) is 3.00. The Morgan fingerprint density at radius 2 is 2.14 bits per heavy atom. The monoisotopic (exact) mass is 301 g/mol. The molecule has 22 heavy (non-hydrogen) atoms. The summed E-state index contributed by atoms with van der Waals surface area (Å²) < 4.78 is 0. The lowest BCUT2D eigenvalue weighted by molar-refractivity contribution is -0.135. The van der Waals surface area contributed by atoms with E-state index in [4.69, 9.17) is 0 Å². The van der Waals surface area contributed by atoms with Crippen LogP contribution in [0.2, 0.25) is 0 Å². The van der Waals surface area contributed by atoms with Gasteiger partial charge in [-0.2, -0.15) is 0 Å². The lowest BCUT2D eigenvalue weighted by Gasteiger charge is -2.22. The Hall–Kier alpha value is -2.37. The Morgan fingerprint density at radius 1 is 1.36 bits per heavy atom. The van der Waals surface area contributed by atoms with Gasteiger partial charge in [-0.25, -0.2) is 4.79 Å². The number of aryl methyl sites for hydroxylation is 1. The number of urea groups is 1. The molecule has 1 spiro atoms. The maximum Gasteiger partial charge on any atom is 0.325 e. The Balaban J connectivity index is 1.82. The van der Waals surface area contributed by atoms with Gasteiger partial charge < -0.3 is 10.6 Å². The summed E-state index contributed by atoms with van der Waals surface area (Å²) in [5.74, 6) is -0.636. The van der Waals surface area contributed by atoms with E-state index >= 15 is 0 Å². The van der Waals surface area contributed by atoms with E-state index in [0.717, 1.165) is 28.9 Å². The van der Waals surface area contributed by atoms with Gasteiger partial charge in [0.2, 0.25) is 5.91 Å². The van der Waals surface area contributed by atoms with Gasteiger partial charge in [-0.1, -0.05) is 31.2 Å². The summed E-state index contributed by atoms with van der Waals surface area (Å²) in [4.78, 5) is 37.8. The minimum Gasteiger partial charge on any atom is -0.355 e. The van der Waals surface area contributed by atoms with Gasteiger partial charge in [-0.15, -0.1) is 0 Å². The smallest absolute Gasteiger partial charge is 0.325 e. The fourth-order valence-electron chi connectivity index (χ4n) is 3.20. The zero-order valence-electron chi connectivity index (χ0n) is 12.5. The molecule has 2 N–H and O–H groups in total. The molecule has 4 amide bonds. The van der Waals surface area contributed by atoms with E-state index < -0.39 is 11.6 Å². The van der Waals surface area contributed by atoms with E-state index in [9.17, 15) is 14.4 Å². The largest absolute Gasteiger partial charge is 0.355 e. The highest BCUT2D eigenvalue weighted by Gasteiger charge is 2.55. The first-order valence-corrected chi connectivity index (χ1v) is 7.57. The molecule has 1 fully saturated rings. The number of hydrogen-bond donors (Lipinski definition) is 2. The van der Waals surface area contributed by atoms with Gasteiger partial charge in [0.15, 0.2) is 0 Å². The van der Waals surface area contributed by atoms with Crippen molar-refractivity contribution in [1.29, 1.82) is 0 Å². The van der Waals surface area contributed by atoms with E-state index in [2.05, 4.69) is 10.6 Å². The summed E-state index contributed by atoms with van der Waals surface area (Å²) in [6, 6.07) is 7.14. The number of hydrogen-bond acceptors (Lipinski definition) is 3. The van der Waals surface area contributed by atoms with Crippen LogP contribution in [0.25, 0.3) is 0 Å². The van der Waals surface area contributed by atoms with Crippen LogP contribution in [0.4, 0.5) is 4.79 Å². The summed E-state index contributed by atoms with van der Waals surface area (Å²) >= 11 is 0. The van der Waals surface area contributed by atoms with Gasteiger partial charge in [-0.05, 0) is 30.4 Å². The Labute approximate surface area is 128 Å². The second-order valence-electron chi connectivity index (χ2n) is 5.73. The molecule has 2 aliphatic rings. The molecule has 0 aromatic heterocycles. The third-order valence-corrected chi connectivity index (χ3v) is 4.30. The van der Waals surface area contributed by atoms with Crippen molar-refractivity contribution in [1.82, 2.24) is 15.5 Å². The summed E-state index contributed by atoms with van der Waals surface area (Å²) in [7, 11) is 0. The van der Waals surface area contributed by atoms with Gasteiger partial charge >= 0.3 is 6.03 Å². The Kier molecular flexibility index (Phi) is 3.60. The molecule has 0 radical (unpaired) electrons. The number of imide groups is 1. The minimum absolute atomic E-state index is 0.228. The first-order valence-electron chi connectivity index (χ1n) is 7.57. The molecular formula is C16H19N3O3. The highest BCUT2D eigenvalue weighted by Crippen LogP contribution is 2.41. The number of carbonyl (C=O) groups excluding carboxylic acids is 3. The van der Waals surface area contributed by atoms with Crippen molar-refractivity contribution in [2.45, 2.75) is 31.7 Å². The van der Waals surface area contributed by atoms with Crippen LogP contribution in [0.15, 0.2) is 24.3 Å². The first kappa shape index (κ1) is 14.6. The van der Waals surface area contributed by atoms with Crippen LogP contribution in [-0.2, 0) is 21.5 Å². The third-order valence-electron chi connectivity index (χ3n) is 4.30. The zero-order chi connectivity index (χ0) is 15.7. The highest BCUT2D eigenvalue weighted by atomic mass is 16.2. The number of fused-ring (bicyclic) bond motifs is 2. The van der Waals surface area contributed by atoms with Crippen molar-refractivity contribution in [3.63, 3.8) is 0 Å². The SMILES string of the molecule is CCCNC(=O)CN1C(=O)NC2(CCc3ccccc32)C1=O. The number of benzene rings is 1. The van der Waals surface area contributed by atoms with Crippen molar-refractivity contribution in [3.8, 4) is 0 Å². The highest BCUT2D eigenvalue weighted by molar-refractivity contribution is 6.09. The molecule has 1 aliphatic carbocycles. The standard InChI is InChI=1S/C16H19N3O3/c1-2-9-17-13(20)10-19-14(21)16(18-15(19)22)8-7-11-5-3-4-6-12(11)16/h3-6H,2,7-10H2,1H3,(H,17,20)(H,18,22). The summed E-state index contributed by atoms with van der Waals surface area (Å²) in [5.41, 5.74) is 0.942. The molecule has 3 rings (SSSR count). The molecular weight excluding hydrogens is 282 g/mol. The maximum absolute atomic E-state index is 12.8. The van der Waals surface area contributed by atoms with Crippen molar-refractivity contribution < 1.29 is 14.4 Å². The fourth-order valence-corrected chi connectivity index (χ4v) is 3.20. The molecule has 116 valence electrons. The van der Waals surface area contributed by atoms with Gasteiger partial charge in [0, 0.05) is 6.54 Å². The van der Waals surface area contributed by atoms with E-state index in [1.54, 1.807) is 0 Å². The molecule has 6 nitrogen and oxygen atoms in total.